The second-order valence-corrected chi connectivity index (χ2v) is 6.21. The average Bonchev–Trinajstić information content (AvgIpc) is 2.70. The molecular weight excluding hydrogens is 449 g/mol. The number of esters is 1. The van der Waals surface area contributed by atoms with Crippen LogP contribution in [0.4, 0.5) is 24.5 Å². The molecule has 0 spiro atoms. The number of ether oxygens (including phenoxy) is 3. The lowest BCUT2D eigenvalue weighted by atomic mass is 10.1. The number of hydrogen-bond donors (Lipinski definition) is 1. The van der Waals surface area contributed by atoms with Crippen LogP contribution in [0.25, 0.3) is 0 Å². The lowest BCUT2D eigenvalue weighted by molar-refractivity contribution is -0.384. The summed E-state index contributed by atoms with van der Waals surface area (Å²) in [5.41, 5.74) is -2.79. The maximum Gasteiger partial charge on any atom is 0.416 e. The molecule has 0 aliphatic rings. The number of benzene rings is 2. The number of amides is 1. The van der Waals surface area contributed by atoms with Gasteiger partial charge in [0.05, 0.1) is 35.3 Å². The van der Waals surface area contributed by atoms with E-state index in [2.05, 4.69) is 0 Å². The first-order valence-electron chi connectivity index (χ1n) is 8.22. The van der Waals surface area contributed by atoms with Crippen LogP contribution in [0.5, 0.6) is 11.5 Å². The Bertz CT molecular complexity index is 1030. The molecule has 0 bridgehead atoms. The number of rotatable bonds is 7. The monoisotopic (exact) mass is 462 g/mol. The van der Waals surface area contributed by atoms with E-state index < -0.39 is 46.5 Å². The van der Waals surface area contributed by atoms with Crippen LogP contribution in [0.3, 0.4) is 0 Å². The van der Waals surface area contributed by atoms with Gasteiger partial charge < -0.3 is 19.5 Å². The summed E-state index contributed by atoms with van der Waals surface area (Å²) in [6, 6.07) is 4.05. The third-order valence-electron chi connectivity index (χ3n) is 3.80. The van der Waals surface area contributed by atoms with E-state index in [4.69, 9.17) is 25.8 Å². The van der Waals surface area contributed by atoms with Crippen LogP contribution in [0.2, 0.25) is 5.02 Å². The molecule has 2 aromatic rings. The number of halogens is 4. The Morgan fingerprint density at radius 3 is 2.39 bits per heavy atom. The molecule has 13 heteroatoms. The third kappa shape index (κ3) is 5.75. The molecule has 0 unspecified atom stereocenters. The van der Waals surface area contributed by atoms with Gasteiger partial charge in [0.2, 0.25) is 0 Å². The Labute approximate surface area is 177 Å². The number of nitrogens with zero attached hydrogens (tertiary/aromatic N) is 1. The van der Waals surface area contributed by atoms with Crippen LogP contribution in [0.15, 0.2) is 30.3 Å². The van der Waals surface area contributed by atoms with Crippen LogP contribution in [-0.2, 0) is 15.7 Å². The molecule has 166 valence electrons. The summed E-state index contributed by atoms with van der Waals surface area (Å²) in [7, 11) is 2.65. The molecule has 1 amide bonds. The molecule has 0 saturated carbocycles. The molecule has 2 aromatic carbocycles. The molecule has 9 nitrogen and oxygen atoms in total. The SMILES string of the molecule is COc1cc(C(=O)OCC(=O)Nc2ccc(C(F)(F)F)cc2[N+](=O)[O-])cc(Cl)c1OC. The predicted octanol–water partition coefficient (Wildman–Crippen LogP) is 4.08. The van der Waals surface area contributed by atoms with Crippen molar-refractivity contribution in [2.45, 2.75) is 6.18 Å². The average molecular weight is 463 g/mol. The van der Waals surface area contributed by atoms with Gasteiger partial charge in [-0.1, -0.05) is 11.6 Å². The van der Waals surface area contributed by atoms with E-state index >= 15 is 0 Å². The molecule has 0 aromatic heterocycles. The van der Waals surface area contributed by atoms with Gasteiger partial charge in [-0.3, -0.25) is 14.9 Å². The number of hydrogen-bond acceptors (Lipinski definition) is 7. The summed E-state index contributed by atoms with van der Waals surface area (Å²) in [6.07, 6.45) is -4.80. The molecule has 0 fully saturated rings. The second-order valence-electron chi connectivity index (χ2n) is 5.80. The van der Waals surface area contributed by atoms with Gasteiger partial charge >= 0.3 is 12.1 Å². The van der Waals surface area contributed by atoms with Crippen molar-refractivity contribution in [3.05, 3.63) is 56.6 Å². The highest BCUT2D eigenvalue weighted by Crippen LogP contribution is 2.36. The first kappa shape index (κ1) is 23.7. The van der Waals surface area contributed by atoms with Crippen molar-refractivity contribution < 1.29 is 41.9 Å². The van der Waals surface area contributed by atoms with E-state index in [0.717, 1.165) is 6.07 Å². The van der Waals surface area contributed by atoms with E-state index in [1.54, 1.807) is 0 Å². The Morgan fingerprint density at radius 2 is 1.84 bits per heavy atom. The Morgan fingerprint density at radius 1 is 1.16 bits per heavy atom. The molecule has 0 heterocycles. The van der Waals surface area contributed by atoms with E-state index in [0.29, 0.717) is 6.07 Å². The maximum absolute atomic E-state index is 12.7. The van der Waals surface area contributed by atoms with Gasteiger partial charge in [0.25, 0.3) is 11.6 Å². The number of anilines is 1. The molecule has 31 heavy (non-hydrogen) atoms. The molecule has 0 atom stereocenters. The summed E-state index contributed by atoms with van der Waals surface area (Å²) in [5.74, 6) is -1.68. The number of carbonyl (C=O) groups excluding carboxylic acids is 2. The molecule has 0 aliphatic heterocycles. The van der Waals surface area contributed by atoms with Crippen molar-refractivity contribution in [3.63, 3.8) is 0 Å². The zero-order valence-corrected chi connectivity index (χ0v) is 16.7. The van der Waals surface area contributed by atoms with Crippen LogP contribution in [-0.4, -0.2) is 37.6 Å². The first-order valence-corrected chi connectivity index (χ1v) is 8.59. The lowest BCUT2D eigenvalue weighted by Crippen LogP contribution is -2.21. The van der Waals surface area contributed by atoms with E-state index in [9.17, 15) is 32.9 Å². The highest BCUT2D eigenvalue weighted by atomic mass is 35.5. The zero-order chi connectivity index (χ0) is 23.3. The predicted molar refractivity (Wildman–Crippen MR) is 102 cm³/mol. The van der Waals surface area contributed by atoms with Crippen LogP contribution >= 0.6 is 11.6 Å². The fourth-order valence-electron chi connectivity index (χ4n) is 2.40. The highest BCUT2D eigenvalue weighted by molar-refractivity contribution is 6.32. The van der Waals surface area contributed by atoms with Crippen molar-refractivity contribution in [2.75, 3.05) is 26.1 Å². The van der Waals surface area contributed by atoms with Gasteiger partial charge in [-0.2, -0.15) is 13.2 Å². The van der Waals surface area contributed by atoms with Gasteiger partial charge in [-0.05, 0) is 24.3 Å². The summed E-state index contributed by atoms with van der Waals surface area (Å²) in [5, 5.41) is 13.1. The Kier molecular flexibility index (Phi) is 7.28. The molecule has 0 aliphatic carbocycles. The number of nitro groups is 1. The summed E-state index contributed by atoms with van der Waals surface area (Å²) in [6.45, 7) is -0.872. The number of methoxy groups -OCH3 is 2. The number of nitrogens with one attached hydrogen (secondary N) is 1. The van der Waals surface area contributed by atoms with Crippen LogP contribution in [0, 0.1) is 10.1 Å². The molecule has 2 rings (SSSR count). The van der Waals surface area contributed by atoms with Crippen LogP contribution < -0.4 is 14.8 Å². The summed E-state index contributed by atoms with van der Waals surface area (Å²) in [4.78, 5) is 34.1. The van der Waals surface area contributed by atoms with Crippen molar-refractivity contribution in [3.8, 4) is 11.5 Å². The summed E-state index contributed by atoms with van der Waals surface area (Å²) >= 11 is 5.98. The quantitative estimate of drug-likeness (QED) is 0.374. The standard InChI is InChI=1S/C18H14ClF3N2O7/c1-29-14-6-9(5-11(19)16(14)30-2)17(26)31-8-15(25)23-12-4-3-10(18(20,21)22)7-13(12)24(27)28/h3-7H,8H2,1-2H3,(H,23,25). The van der Waals surface area contributed by atoms with Crippen molar-refractivity contribution in [1.29, 1.82) is 0 Å². The lowest BCUT2D eigenvalue weighted by Gasteiger charge is -2.12. The van der Waals surface area contributed by atoms with Gasteiger partial charge in [-0.15, -0.1) is 0 Å². The van der Waals surface area contributed by atoms with Crippen molar-refractivity contribution in [1.82, 2.24) is 0 Å². The first-order chi connectivity index (χ1) is 14.5. The van der Waals surface area contributed by atoms with Crippen molar-refractivity contribution in [2.24, 2.45) is 0 Å². The van der Waals surface area contributed by atoms with E-state index in [-0.39, 0.29) is 28.2 Å². The fourth-order valence-corrected chi connectivity index (χ4v) is 2.69. The third-order valence-corrected chi connectivity index (χ3v) is 4.08. The van der Waals surface area contributed by atoms with Gasteiger partial charge in [0.1, 0.15) is 5.69 Å². The molecule has 0 radical (unpaired) electrons. The number of carbonyl (C=O) groups is 2. The minimum atomic E-state index is -4.80. The number of alkyl halides is 3. The molecule has 1 N–H and O–H groups in total. The van der Waals surface area contributed by atoms with Gasteiger partial charge in [0, 0.05) is 6.07 Å². The minimum absolute atomic E-state index is 0.0404. The maximum atomic E-state index is 12.7. The van der Waals surface area contributed by atoms with Gasteiger partial charge in [-0.25, -0.2) is 4.79 Å². The zero-order valence-electron chi connectivity index (χ0n) is 15.9. The topological polar surface area (TPSA) is 117 Å². The largest absolute Gasteiger partial charge is 0.493 e. The highest BCUT2D eigenvalue weighted by Gasteiger charge is 2.33. The van der Waals surface area contributed by atoms with E-state index in [1.807, 2.05) is 5.32 Å². The van der Waals surface area contributed by atoms with Crippen LogP contribution in [0.1, 0.15) is 15.9 Å². The minimum Gasteiger partial charge on any atom is -0.493 e. The molecular formula is C18H14ClF3N2O7. The Balaban J connectivity index is 2.11. The van der Waals surface area contributed by atoms with Crippen molar-refractivity contribution >= 4 is 34.9 Å². The smallest absolute Gasteiger partial charge is 0.416 e. The fraction of sp³-hybridized carbons (Fsp3) is 0.222. The molecule has 0 saturated heterocycles. The van der Waals surface area contributed by atoms with E-state index in [1.165, 1.54) is 26.4 Å². The normalized spacial score (nSPS) is 10.9. The van der Waals surface area contributed by atoms with Gasteiger partial charge in [0.15, 0.2) is 18.1 Å². The second kappa shape index (κ2) is 9.51. The Hall–Kier alpha value is -3.54. The summed E-state index contributed by atoms with van der Waals surface area (Å²) < 4.78 is 53.1. The number of nitro benzene ring substituents is 1.